The van der Waals surface area contributed by atoms with Gasteiger partial charge in [0.1, 0.15) is 41.6 Å². The molecule has 19 atom stereocenters. The number of nitrogens with zero attached hydrogens (tertiary/aromatic N) is 3. The highest BCUT2D eigenvalue weighted by Gasteiger charge is 2.53. The average Bonchev–Trinajstić information content (AvgIpc) is 3.35. The quantitative estimate of drug-likeness (QED) is 0.0175. The number of hydrogen-bond acceptors (Lipinski definition) is 23. The van der Waals surface area contributed by atoms with Crippen LogP contribution >= 0.6 is 0 Å². The fraction of sp³-hybridized carbons (Fsp3) is 0.844. The molecule has 2 aliphatic carbocycles. The fourth-order valence-corrected chi connectivity index (χ4v) is 13.4. The number of ether oxygens (including phenoxy) is 10. The smallest absolute Gasteiger partial charge is 0.311 e. The monoisotopic (exact) mass is 1240 g/mol. The van der Waals surface area contributed by atoms with Gasteiger partial charge < -0.3 is 92.6 Å². The van der Waals surface area contributed by atoms with E-state index in [1.54, 1.807) is 52.8 Å². The van der Waals surface area contributed by atoms with Crippen molar-refractivity contribution < 1.29 is 97.2 Å². The van der Waals surface area contributed by atoms with E-state index in [0.29, 0.717) is 37.2 Å². The highest BCUT2D eigenvalue weighted by atomic mass is 16.7. The van der Waals surface area contributed by atoms with Gasteiger partial charge >= 0.3 is 11.9 Å². The minimum Gasteiger partial charge on any atom is -0.491 e. The van der Waals surface area contributed by atoms with Crippen LogP contribution in [0.1, 0.15) is 153 Å². The second kappa shape index (κ2) is 32.6. The number of likely N-dealkylation sites (tertiary alicyclic amines) is 1. The number of aliphatic hydroxyl groups excluding tert-OH is 3. The van der Waals surface area contributed by atoms with Crippen molar-refractivity contribution in [3.8, 4) is 0 Å². The number of piperidine rings is 1. The Kier molecular flexibility index (Phi) is 27.1. The summed E-state index contributed by atoms with van der Waals surface area (Å²) in [7, 11) is 5.30. The molecule has 0 bridgehead atoms. The van der Waals surface area contributed by atoms with Gasteiger partial charge in [-0.1, -0.05) is 58.9 Å². The molecule has 87 heavy (non-hydrogen) atoms. The molecule has 4 aliphatic heterocycles. The Morgan fingerprint density at radius 1 is 0.897 bits per heavy atom. The maximum atomic E-state index is 14.8. The maximum Gasteiger partial charge on any atom is 0.311 e. The summed E-state index contributed by atoms with van der Waals surface area (Å²) in [5.41, 5.74) is -1.99. The molecule has 0 amide bonds. The lowest BCUT2D eigenvalue weighted by molar-refractivity contribution is -0.310. The molecular weight excluding hydrogens is 1130 g/mol. The SMILES string of the molecule is C=C/C=C(\C=C1/CC(=O)C(C(O)O)CN1C1CC1)OCCOCCOCCC(=O)OC1[C@H](C)OC(O[C@@H]2[C@@H](C)[C@H](OC3O[C@H](C)CC(N(C)C)C3O)[C@H](C)C[C@H](C)/C(=N\OC3(O)CCCCC3)[C@H](C)[C@@H](O)C(C)(O)C(CC)OC(=O)[C@@H]2C)CC1(C)OC. The van der Waals surface area contributed by atoms with Crippen LogP contribution in [0.15, 0.2) is 41.4 Å². The zero-order valence-electron chi connectivity index (χ0n) is 54.1. The van der Waals surface area contributed by atoms with Gasteiger partial charge in [-0.2, -0.15) is 0 Å². The summed E-state index contributed by atoms with van der Waals surface area (Å²) in [5, 5.41) is 71.9. The Morgan fingerprint density at radius 2 is 1.56 bits per heavy atom. The van der Waals surface area contributed by atoms with Crippen molar-refractivity contribution in [1.82, 2.24) is 9.80 Å². The molecule has 23 nitrogen and oxygen atoms in total. The van der Waals surface area contributed by atoms with Crippen molar-refractivity contribution in [2.75, 3.05) is 60.8 Å². The van der Waals surface area contributed by atoms with E-state index in [1.807, 2.05) is 46.7 Å². The number of carbonyl (C=O) groups is 3. The van der Waals surface area contributed by atoms with Gasteiger partial charge in [-0.3, -0.25) is 14.4 Å². The number of carbonyl (C=O) groups excluding carboxylic acids is 3. The Labute approximate surface area is 515 Å². The Bertz CT molecular complexity index is 2310. The number of esters is 2. The maximum absolute atomic E-state index is 14.8. The van der Waals surface area contributed by atoms with Gasteiger partial charge in [-0.05, 0) is 118 Å². The molecule has 23 heteroatoms. The molecule has 0 aromatic rings. The molecule has 6 fully saturated rings. The number of likely N-dealkylation sites (N-methyl/N-ethyl adjacent to an activating group) is 1. The molecule has 9 unspecified atom stereocenters. The predicted octanol–water partition coefficient (Wildman–Crippen LogP) is 5.44. The molecule has 0 aromatic heterocycles. The summed E-state index contributed by atoms with van der Waals surface area (Å²) in [6.07, 6.45) is 0.00994. The highest BCUT2D eigenvalue weighted by Crippen LogP contribution is 2.42. The normalized spacial score (nSPS) is 38.7. The number of aliphatic hydroxyl groups is 6. The molecule has 6 rings (SSSR count). The van der Waals surface area contributed by atoms with E-state index >= 15 is 0 Å². The molecular formula is C64H107N3O20. The summed E-state index contributed by atoms with van der Waals surface area (Å²) in [6.45, 7) is 22.8. The van der Waals surface area contributed by atoms with Crippen LogP contribution in [0.5, 0.6) is 0 Å². The summed E-state index contributed by atoms with van der Waals surface area (Å²) in [5.74, 6) is -6.74. The zero-order chi connectivity index (χ0) is 64.1. The molecule has 0 aromatic carbocycles. The third-order valence-corrected chi connectivity index (χ3v) is 18.8. The lowest BCUT2D eigenvalue weighted by atomic mass is 9.75. The van der Waals surface area contributed by atoms with Crippen molar-refractivity contribution in [3.05, 3.63) is 36.3 Å². The number of ketones is 1. The van der Waals surface area contributed by atoms with Crippen LogP contribution in [0, 0.1) is 35.5 Å². The second-order valence-electron chi connectivity index (χ2n) is 26.2. The molecule has 498 valence electrons. The van der Waals surface area contributed by atoms with E-state index in [-0.39, 0.29) is 89.2 Å². The third kappa shape index (κ3) is 19.2. The number of allylic oxidation sites excluding steroid dienone is 4. The van der Waals surface area contributed by atoms with E-state index in [4.69, 9.17) is 52.2 Å². The first-order chi connectivity index (χ1) is 41.1. The highest BCUT2D eigenvalue weighted by molar-refractivity contribution is 5.89. The molecule has 4 heterocycles. The lowest BCUT2D eigenvalue weighted by Gasteiger charge is -2.48. The van der Waals surface area contributed by atoms with Crippen LogP contribution in [0.4, 0.5) is 0 Å². The molecule has 6 N–H and O–H groups in total. The summed E-state index contributed by atoms with van der Waals surface area (Å²) in [4.78, 5) is 51.0. The van der Waals surface area contributed by atoms with E-state index in [0.717, 1.165) is 37.8 Å². The van der Waals surface area contributed by atoms with Gasteiger partial charge in [0.05, 0.1) is 80.9 Å². The van der Waals surface area contributed by atoms with Crippen molar-refractivity contribution >= 4 is 23.4 Å². The first-order valence-electron chi connectivity index (χ1n) is 31.9. The van der Waals surface area contributed by atoms with Crippen molar-refractivity contribution in [2.24, 2.45) is 40.7 Å². The van der Waals surface area contributed by atoms with Crippen LogP contribution < -0.4 is 0 Å². The number of methoxy groups -OCH3 is 1. The fourth-order valence-electron chi connectivity index (χ4n) is 13.4. The second-order valence-corrected chi connectivity index (χ2v) is 26.2. The minimum atomic E-state index is -1.98. The van der Waals surface area contributed by atoms with Gasteiger partial charge in [0.2, 0.25) is 5.79 Å². The number of rotatable bonds is 24. The van der Waals surface area contributed by atoms with Gasteiger partial charge in [0.15, 0.2) is 25.0 Å². The Morgan fingerprint density at radius 3 is 2.18 bits per heavy atom. The van der Waals surface area contributed by atoms with E-state index in [1.165, 1.54) is 14.0 Å². The van der Waals surface area contributed by atoms with Crippen LogP contribution in [0.25, 0.3) is 0 Å². The first kappa shape index (κ1) is 72.4. The van der Waals surface area contributed by atoms with Crippen molar-refractivity contribution in [2.45, 2.75) is 249 Å². The number of hydrogen-bond donors (Lipinski definition) is 6. The van der Waals surface area contributed by atoms with Crippen molar-refractivity contribution in [3.63, 3.8) is 0 Å². The summed E-state index contributed by atoms with van der Waals surface area (Å²) >= 11 is 0. The topological polar surface area (TPSA) is 293 Å². The number of Topliss-reactive ketones (excluding diaryl/α,β-unsaturated/α-hetero) is 1. The average molecular weight is 1240 g/mol. The van der Waals surface area contributed by atoms with Gasteiger partial charge in [0.25, 0.3) is 0 Å². The summed E-state index contributed by atoms with van der Waals surface area (Å²) in [6, 6.07) is -0.0480. The van der Waals surface area contributed by atoms with Gasteiger partial charge in [-0.25, -0.2) is 0 Å². The van der Waals surface area contributed by atoms with Gasteiger partial charge in [0, 0.05) is 69.0 Å². The van der Waals surface area contributed by atoms with Crippen LogP contribution in [0.3, 0.4) is 0 Å². The van der Waals surface area contributed by atoms with E-state index in [2.05, 4.69) is 16.6 Å². The largest absolute Gasteiger partial charge is 0.491 e. The van der Waals surface area contributed by atoms with Crippen molar-refractivity contribution in [1.29, 1.82) is 0 Å². The minimum absolute atomic E-state index is 0.0451. The standard InChI is InChI=1S/C64H107N3O20/c1-15-20-46(33-45-34-49(68)47(59(72)73)36-67(45)44-21-22-44)80-30-29-79-28-27-78-26-23-51(69)84-58-43(9)82-52(35-62(58,10)77-14)85-56-41(7)55(86-61-54(70)48(66(12)13)32-39(5)81-61)38(4)31-37(3)53(65-87-64(76)24-18-17-19-25-64)40(6)57(71)63(11,75)50(16-2)83-60(74)42(56)8/h15,20,33,37-44,47-48,50,52,54-59,61,70-73,75-76H,1,16-19,21-32,34-36H2,2-14H3/b45-33+,46-20+,65-53+/t37-,38+,39+,40-,41-,42+,43-,47?,48?,50?,52?,54?,55+,56+,57+,58?,61?,62?,63?/m0/s1. The van der Waals surface area contributed by atoms with E-state index < -0.39 is 126 Å². The molecule has 6 aliphatic rings. The molecule has 0 spiro atoms. The third-order valence-electron chi connectivity index (χ3n) is 18.8. The Balaban J connectivity index is 1.13. The number of oxime groups is 1. The van der Waals surface area contributed by atoms with E-state index in [9.17, 15) is 45.0 Å². The lowest BCUT2D eigenvalue weighted by Crippen LogP contribution is -2.60. The molecule has 2 saturated carbocycles. The van der Waals surface area contributed by atoms with Crippen LogP contribution in [0.2, 0.25) is 0 Å². The van der Waals surface area contributed by atoms with Crippen LogP contribution in [-0.2, 0) is 66.6 Å². The number of cyclic esters (lactones) is 1. The predicted molar refractivity (Wildman–Crippen MR) is 320 cm³/mol. The zero-order valence-corrected chi connectivity index (χ0v) is 54.1. The Hall–Kier alpha value is -3.66. The summed E-state index contributed by atoms with van der Waals surface area (Å²) < 4.78 is 62.8. The van der Waals surface area contributed by atoms with Crippen LogP contribution in [-0.4, -0.2) is 221 Å². The van der Waals surface area contributed by atoms with Gasteiger partial charge in [-0.15, -0.1) is 0 Å². The molecule has 0 radical (unpaired) electrons. The molecule has 4 saturated heterocycles. The first-order valence-corrected chi connectivity index (χ1v) is 31.9.